The van der Waals surface area contributed by atoms with Crippen molar-refractivity contribution in [3.05, 3.63) is 29.8 Å². The largest absolute Gasteiger partial charge is 0.392 e. The highest BCUT2D eigenvalue weighted by Gasteiger charge is 2.27. The zero-order valence-corrected chi connectivity index (χ0v) is 12.9. The first-order valence-electron chi connectivity index (χ1n) is 7.10. The summed E-state index contributed by atoms with van der Waals surface area (Å²) < 4.78 is 24.4. The fourth-order valence-electron chi connectivity index (χ4n) is 2.70. The lowest BCUT2D eigenvalue weighted by Gasteiger charge is -2.20. The molecule has 1 aliphatic rings. The van der Waals surface area contributed by atoms with Gasteiger partial charge in [0.2, 0.25) is 0 Å². The minimum absolute atomic E-state index is 0.162. The lowest BCUT2D eigenvalue weighted by molar-refractivity contribution is 0.175. The summed E-state index contributed by atoms with van der Waals surface area (Å²) in [6, 6.07) is 7.34. The van der Waals surface area contributed by atoms with Crippen LogP contribution in [-0.4, -0.2) is 49.4 Å². The molecule has 0 aliphatic carbocycles. The average molecular weight is 297 g/mol. The van der Waals surface area contributed by atoms with E-state index in [-0.39, 0.29) is 11.9 Å². The van der Waals surface area contributed by atoms with E-state index in [0.29, 0.717) is 23.9 Å². The Hall–Kier alpha value is -0.910. The molecule has 112 valence electrons. The maximum Gasteiger partial charge on any atom is 0.178 e. The normalized spacial score (nSPS) is 24.1. The summed E-state index contributed by atoms with van der Waals surface area (Å²) in [4.78, 5) is 2.56. The summed E-state index contributed by atoms with van der Waals surface area (Å²) in [6.07, 6.45) is 1.12. The molecule has 1 saturated heterocycles. The number of β-amino-alcohol motifs (C(OH)–C–C–N with tert-alkyl or cyclic N) is 1. The maximum absolute atomic E-state index is 12.2. The standard InChI is InChI=1S/C15H23NO3S/c1-12-4-6-15(7-5-12)20(18,19)9-3-8-16-11-14(17)10-13(16)2/h4-7,13-14,17H,3,8-11H2,1-2H3. The molecular formula is C15H23NO3S. The van der Waals surface area contributed by atoms with Crippen LogP contribution in [0.5, 0.6) is 0 Å². The van der Waals surface area contributed by atoms with Crippen molar-refractivity contribution in [1.29, 1.82) is 0 Å². The van der Waals surface area contributed by atoms with Crippen LogP contribution in [-0.2, 0) is 9.84 Å². The van der Waals surface area contributed by atoms with Crippen molar-refractivity contribution in [2.75, 3.05) is 18.8 Å². The van der Waals surface area contributed by atoms with Crippen molar-refractivity contribution in [1.82, 2.24) is 4.90 Å². The van der Waals surface area contributed by atoms with Gasteiger partial charge in [0.05, 0.1) is 16.8 Å². The number of nitrogens with zero attached hydrogens (tertiary/aromatic N) is 1. The van der Waals surface area contributed by atoms with Crippen LogP contribution in [0.4, 0.5) is 0 Å². The van der Waals surface area contributed by atoms with Gasteiger partial charge in [0.1, 0.15) is 0 Å². The maximum atomic E-state index is 12.2. The zero-order valence-electron chi connectivity index (χ0n) is 12.1. The number of hydrogen-bond acceptors (Lipinski definition) is 4. The summed E-state index contributed by atoms with van der Waals surface area (Å²) in [5, 5.41) is 9.57. The molecule has 1 N–H and O–H groups in total. The number of aliphatic hydroxyl groups is 1. The monoisotopic (exact) mass is 297 g/mol. The van der Waals surface area contributed by atoms with E-state index in [4.69, 9.17) is 0 Å². The predicted molar refractivity (Wildman–Crippen MR) is 79.5 cm³/mol. The van der Waals surface area contributed by atoms with Crippen LogP contribution in [0, 0.1) is 6.92 Å². The van der Waals surface area contributed by atoms with Crippen LogP contribution < -0.4 is 0 Å². The second kappa shape index (κ2) is 6.24. The number of aliphatic hydroxyl groups excluding tert-OH is 1. The number of benzene rings is 1. The van der Waals surface area contributed by atoms with Gasteiger partial charge < -0.3 is 5.11 Å². The Morgan fingerprint density at radius 3 is 2.50 bits per heavy atom. The van der Waals surface area contributed by atoms with E-state index < -0.39 is 9.84 Å². The highest BCUT2D eigenvalue weighted by Crippen LogP contribution is 2.18. The lowest BCUT2D eigenvalue weighted by Crippen LogP contribution is -2.29. The van der Waals surface area contributed by atoms with Gasteiger partial charge in [-0.25, -0.2) is 8.42 Å². The van der Waals surface area contributed by atoms with Gasteiger partial charge in [0.15, 0.2) is 9.84 Å². The first-order chi connectivity index (χ1) is 9.38. The van der Waals surface area contributed by atoms with E-state index >= 15 is 0 Å². The second-order valence-corrected chi connectivity index (χ2v) is 7.83. The zero-order chi connectivity index (χ0) is 14.8. The molecule has 5 heteroatoms. The molecule has 2 unspecified atom stereocenters. The topological polar surface area (TPSA) is 57.6 Å². The third kappa shape index (κ3) is 3.81. The van der Waals surface area contributed by atoms with Gasteiger partial charge >= 0.3 is 0 Å². The average Bonchev–Trinajstić information content (AvgIpc) is 2.68. The van der Waals surface area contributed by atoms with Gasteiger partial charge in [-0.2, -0.15) is 0 Å². The summed E-state index contributed by atoms with van der Waals surface area (Å²) in [7, 11) is -3.19. The highest BCUT2D eigenvalue weighted by molar-refractivity contribution is 7.91. The van der Waals surface area contributed by atoms with E-state index in [0.717, 1.165) is 18.5 Å². The Bertz CT molecular complexity index is 539. The fraction of sp³-hybridized carbons (Fsp3) is 0.600. The molecule has 1 heterocycles. The van der Waals surface area contributed by atoms with Gasteiger partial charge in [-0.05, 0) is 45.4 Å². The number of aryl methyl sites for hydroxylation is 1. The smallest absolute Gasteiger partial charge is 0.178 e. The van der Waals surface area contributed by atoms with Crippen LogP contribution in [0.25, 0.3) is 0 Å². The highest BCUT2D eigenvalue weighted by atomic mass is 32.2. The molecule has 1 fully saturated rings. The van der Waals surface area contributed by atoms with Gasteiger partial charge in [-0.3, -0.25) is 4.90 Å². The van der Waals surface area contributed by atoms with Crippen molar-refractivity contribution in [2.24, 2.45) is 0 Å². The van der Waals surface area contributed by atoms with Crippen molar-refractivity contribution >= 4 is 9.84 Å². The molecule has 0 radical (unpaired) electrons. The molecule has 1 aromatic rings. The summed E-state index contributed by atoms with van der Waals surface area (Å²) in [5.41, 5.74) is 1.06. The Labute approximate surface area is 121 Å². The minimum atomic E-state index is -3.19. The molecule has 2 rings (SSSR count). The molecule has 0 saturated carbocycles. The third-order valence-electron chi connectivity index (χ3n) is 3.92. The van der Waals surface area contributed by atoms with Gasteiger partial charge in [-0.15, -0.1) is 0 Å². The summed E-state index contributed by atoms with van der Waals surface area (Å²) >= 11 is 0. The molecule has 20 heavy (non-hydrogen) atoms. The second-order valence-electron chi connectivity index (χ2n) is 5.72. The Morgan fingerprint density at radius 1 is 1.30 bits per heavy atom. The number of hydrogen-bond donors (Lipinski definition) is 1. The van der Waals surface area contributed by atoms with E-state index in [2.05, 4.69) is 11.8 Å². The molecule has 0 spiro atoms. The first kappa shape index (κ1) is 15.5. The van der Waals surface area contributed by atoms with E-state index in [1.807, 2.05) is 19.1 Å². The number of rotatable bonds is 5. The van der Waals surface area contributed by atoms with Crippen molar-refractivity contribution in [3.63, 3.8) is 0 Å². The molecule has 2 atom stereocenters. The van der Waals surface area contributed by atoms with E-state index in [1.165, 1.54) is 0 Å². The molecular weight excluding hydrogens is 274 g/mol. The van der Waals surface area contributed by atoms with E-state index in [9.17, 15) is 13.5 Å². The number of sulfone groups is 1. The summed E-state index contributed by atoms with van der Waals surface area (Å²) in [6.45, 7) is 5.40. The van der Waals surface area contributed by atoms with Gasteiger partial charge in [0.25, 0.3) is 0 Å². The van der Waals surface area contributed by atoms with Crippen molar-refractivity contribution in [2.45, 2.75) is 43.7 Å². The van der Waals surface area contributed by atoms with Gasteiger partial charge in [0, 0.05) is 12.6 Å². The number of likely N-dealkylation sites (tertiary alicyclic amines) is 1. The SMILES string of the molecule is Cc1ccc(S(=O)(=O)CCCN2CC(O)CC2C)cc1. The summed E-state index contributed by atoms with van der Waals surface area (Å²) in [5.74, 6) is 0.162. The van der Waals surface area contributed by atoms with E-state index in [1.54, 1.807) is 12.1 Å². The fourth-order valence-corrected chi connectivity index (χ4v) is 4.00. The molecule has 4 nitrogen and oxygen atoms in total. The Morgan fingerprint density at radius 2 is 1.95 bits per heavy atom. The molecule has 0 amide bonds. The van der Waals surface area contributed by atoms with Crippen LogP contribution in [0.2, 0.25) is 0 Å². The molecule has 0 aromatic heterocycles. The lowest BCUT2D eigenvalue weighted by atomic mass is 10.2. The van der Waals surface area contributed by atoms with Gasteiger partial charge in [-0.1, -0.05) is 17.7 Å². The molecule has 1 aliphatic heterocycles. The quantitative estimate of drug-likeness (QED) is 0.897. The molecule has 1 aromatic carbocycles. The van der Waals surface area contributed by atoms with Crippen LogP contribution in [0.3, 0.4) is 0 Å². The Balaban J connectivity index is 1.88. The molecule has 0 bridgehead atoms. The third-order valence-corrected chi connectivity index (χ3v) is 5.74. The minimum Gasteiger partial charge on any atom is -0.392 e. The van der Waals surface area contributed by atoms with Crippen LogP contribution in [0.1, 0.15) is 25.3 Å². The predicted octanol–water partition coefficient (Wildman–Crippen LogP) is 1.61. The van der Waals surface area contributed by atoms with Crippen molar-refractivity contribution in [3.8, 4) is 0 Å². The first-order valence-corrected chi connectivity index (χ1v) is 8.75. The van der Waals surface area contributed by atoms with Crippen LogP contribution in [0.15, 0.2) is 29.2 Å². The van der Waals surface area contributed by atoms with Crippen molar-refractivity contribution < 1.29 is 13.5 Å². The van der Waals surface area contributed by atoms with Crippen LogP contribution >= 0.6 is 0 Å². The Kier molecular flexibility index (Phi) is 4.83.